The quantitative estimate of drug-likeness (QED) is 0.640. The van der Waals surface area contributed by atoms with Gasteiger partial charge in [-0.3, -0.25) is 14.6 Å². The average molecular weight is 443 g/mol. The highest BCUT2D eigenvalue weighted by Gasteiger charge is 2.24. The molecule has 0 aliphatic carbocycles. The van der Waals surface area contributed by atoms with E-state index in [1.54, 1.807) is 53.0 Å². The third-order valence-electron chi connectivity index (χ3n) is 4.88. The molecule has 2 amide bonds. The summed E-state index contributed by atoms with van der Waals surface area (Å²) in [5.74, 6) is -0.791. The summed E-state index contributed by atoms with van der Waals surface area (Å²) in [6, 6.07) is 9.82. The Morgan fingerprint density at radius 2 is 1.74 bits per heavy atom. The molecule has 0 unspecified atom stereocenters. The van der Waals surface area contributed by atoms with E-state index in [0.717, 1.165) is 25.7 Å². The van der Waals surface area contributed by atoms with Crippen LogP contribution in [0.3, 0.4) is 0 Å². The van der Waals surface area contributed by atoms with Crippen LogP contribution in [0.5, 0.6) is 0 Å². The number of carbonyl (C=O) groups excluding carboxylic acids is 2. The number of nitrogens with zero attached hydrogens (tertiary/aromatic N) is 2. The third-order valence-corrected chi connectivity index (χ3v) is 6.79. The molecule has 1 fully saturated rings. The predicted octanol–water partition coefficient (Wildman–Crippen LogP) is 2.41. The molecule has 3 rings (SSSR count). The smallest absolute Gasteiger partial charge is 0.244 e. The van der Waals surface area contributed by atoms with Gasteiger partial charge >= 0.3 is 0 Å². The van der Waals surface area contributed by atoms with Crippen LogP contribution in [0.25, 0.3) is 6.08 Å². The van der Waals surface area contributed by atoms with Gasteiger partial charge in [0.1, 0.15) is 0 Å². The van der Waals surface area contributed by atoms with Gasteiger partial charge in [-0.1, -0.05) is 25.0 Å². The summed E-state index contributed by atoms with van der Waals surface area (Å²) in [7, 11) is -3.50. The second kappa shape index (κ2) is 10.8. The Balaban J connectivity index is 1.51. The van der Waals surface area contributed by atoms with Crippen LogP contribution >= 0.6 is 0 Å². The van der Waals surface area contributed by atoms with Crippen LogP contribution in [0.1, 0.15) is 31.2 Å². The van der Waals surface area contributed by atoms with Crippen molar-refractivity contribution in [3.05, 3.63) is 60.4 Å². The molecule has 1 saturated heterocycles. The fourth-order valence-corrected chi connectivity index (χ4v) is 4.74. The molecule has 0 bridgehead atoms. The van der Waals surface area contributed by atoms with E-state index in [2.05, 4.69) is 15.6 Å². The Morgan fingerprint density at radius 3 is 2.39 bits per heavy atom. The van der Waals surface area contributed by atoms with Crippen molar-refractivity contribution in [2.45, 2.75) is 30.6 Å². The predicted molar refractivity (Wildman–Crippen MR) is 119 cm³/mol. The van der Waals surface area contributed by atoms with Gasteiger partial charge in [-0.15, -0.1) is 0 Å². The van der Waals surface area contributed by atoms with Crippen molar-refractivity contribution in [1.82, 2.24) is 14.6 Å². The van der Waals surface area contributed by atoms with Crippen LogP contribution in [-0.2, 0) is 19.6 Å². The van der Waals surface area contributed by atoms with Gasteiger partial charge in [0, 0.05) is 25.4 Å². The first-order chi connectivity index (χ1) is 14.9. The van der Waals surface area contributed by atoms with Gasteiger partial charge < -0.3 is 10.6 Å². The normalized spacial score (nSPS) is 15.4. The van der Waals surface area contributed by atoms with E-state index >= 15 is 0 Å². The van der Waals surface area contributed by atoms with Crippen molar-refractivity contribution in [3.63, 3.8) is 0 Å². The number of hydrogen-bond donors (Lipinski definition) is 2. The molecule has 2 N–H and O–H groups in total. The maximum Gasteiger partial charge on any atom is 0.244 e. The first-order valence-corrected chi connectivity index (χ1v) is 11.7. The Bertz CT molecular complexity index is 1010. The first kappa shape index (κ1) is 22.6. The van der Waals surface area contributed by atoms with Gasteiger partial charge in [0.2, 0.25) is 21.8 Å². The van der Waals surface area contributed by atoms with Crippen molar-refractivity contribution >= 4 is 33.6 Å². The fourth-order valence-electron chi connectivity index (χ4n) is 3.22. The molecule has 1 aromatic heterocycles. The van der Waals surface area contributed by atoms with Crippen LogP contribution in [0, 0.1) is 0 Å². The second-order valence-corrected chi connectivity index (χ2v) is 9.17. The van der Waals surface area contributed by atoms with Crippen LogP contribution < -0.4 is 10.6 Å². The molecule has 31 heavy (non-hydrogen) atoms. The molecule has 164 valence electrons. The van der Waals surface area contributed by atoms with E-state index in [1.807, 2.05) is 0 Å². The molecule has 0 spiro atoms. The number of aromatic nitrogens is 1. The molecule has 8 nitrogen and oxygen atoms in total. The summed E-state index contributed by atoms with van der Waals surface area (Å²) in [6.45, 7) is 0.933. The van der Waals surface area contributed by atoms with Crippen LogP contribution in [0.2, 0.25) is 0 Å². The number of amides is 2. The number of rotatable bonds is 7. The highest BCUT2D eigenvalue weighted by atomic mass is 32.2. The maximum absolute atomic E-state index is 12.8. The highest BCUT2D eigenvalue weighted by Crippen LogP contribution is 2.21. The zero-order chi connectivity index (χ0) is 22.1. The number of sulfonamides is 1. The van der Waals surface area contributed by atoms with Crippen LogP contribution in [0.15, 0.2) is 59.8 Å². The van der Waals surface area contributed by atoms with E-state index < -0.39 is 15.9 Å². The molecule has 0 radical (unpaired) electrons. The van der Waals surface area contributed by atoms with E-state index in [-0.39, 0.29) is 17.3 Å². The number of hydrogen-bond acceptors (Lipinski definition) is 5. The van der Waals surface area contributed by atoms with Crippen molar-refractivity contribution in [3.8, 4) is 0 Å². The zero-order valence-corrected chi connectivity index (χ0v) is 18.0. The molecular weight excluding hydrogens is 416 g/mol. The van der Waals surface area contributed by atoms with Crippen LogP contribution in [0.4, 0.5) is 5.69 Å². The summed E-state index contributed by atoms with van der Waals surface area (Å²) < 4.78 is 27.1. The maximum atomic E-state index is 12.8. The summed E-state index contributed by atoms with van der Waals surface area (Å²) in [5, 5.41) is 5.12. The second-order valence-electron chi connectivity index (χ2n) is 7.23. The van der Waals surface area contributed by atoms with Gasteiger partial charge in [-0.2, -0.15) is 4.31 Å². The Morgan fingerprint density at radius 1 is 1.03 bits per heavy atom. The Hall–Kier alpha value is -3.04. The van der Waals surface area contributed by atoms with E-state index in [0.29, 0.717) is 24.3 Å². The van der Waals surface area contributed by atoms with Crippen LogP contribution in [-0.4, -0.2) is 49.2 Å². The lowest BCUT2D eigenvalue weighted by Crippen LogP contribution is -2.31. The van der Waals surface area contributed by atoms with Gasteiger partial charge in [0.25, 0.3) is 0 Å². The fraction of sp³-hybridized carbons (Fsp3) is 0.318. The zero-order valence-electron chi connectivity index (χ0n) is 17.2. The van der Waals surface area contributed by atoms with Crippen molar-refractivity contribution in [2.24, 2.45) is 0 Å². The van der Waals surface area contributed by atoms with Gasteiger partial charge in [0.15, 0.2) is 0 Å². The highest BCUT2D eigenvalue weighted by molar-refractivity contribution is 7.89. The summed E-state index contributed by atoms with van der Waals surface area (Å²) in [5.41, 5.74) is 1.23. The largest absolute Gasteiger partial charge is 0.343 e. The van der Waals surface area contributed by atoms with Gasteiger partial charge in [0.05, 0.1) is 23.3 Å². The van der Waals surface area contributed by atoms with Crippen molar-refractivity contribution in [2.75, 3.05) is 25.0 Å². The first-order valence-electron chi connectivity index (χ1n) is 10.2. The summed E-state index contributed by atoms with van der Waals surface area (Å²) in [6.07, 6.45) is 9.86. The van der Waals surface area contributed by atoms with Crippen molar-refractivity contribution in [1.29, 1.82) is 0 Å². The minimum Gasteiger partial charge on any atom is -0.343 e. The number of carbonyl (C=O) groups is 2. The van der Waals surface area contributed by atoms with Crippen molar-refractivity contribution < 1.29 is 18.0 Å². The molecule has 2 aromatic rings. The standard InChI is InChI=1S/C22H26N4O4S/c27-21(24-17-22(28)25-19-6-5-13-23-16-19)12-9-18-7-10-20(11-8-18)31(29,30)26-14-3-1-2-4-15-26/h5-13,16H,1-4,14-15,17H2,(H,24,27)(H,25,28)/b12-9+. The summed E-state index contributed by atoms with van der Waals surface area (Å²) >= 11 is 0. The van der Waals surface area contributed by atoms with Gasteiger partial charge in [-0.25, -0.2) is 8.42 Å². The minimum absolute atomic E-state index is 0.176. The van der Waals surface area contributed by atoms with E-state index in [4.69, 9.17) is 0 Å². The molecular formula is C22H26N4O4S. The number of pyridine rings is 1. The Labute approximate surface area is 182 Å². The molecule has 1 aliphatic heterocycles. The Kier molecular flexibility index (Phi) is 7.91. The lowest BCUT2D eigenvalue weighted by Gasteiger charge is -2.19. The number of nitrogens with one attached hydrogen (secondary N) is 2. The number of anilines is 1. The topological polar surface area (TPSA) is 108 Å². The van der Waals surface area contributed by atoms with Gasteiger partial charge in [-0.05, 0) is 48.7 Å². The molecule has 1 aliphatic rings. The third kappa shape index (κ3) is 6.73. The molecule has 0 saturated carbocycles. The lowest BCUT2D eigenvalue weighted by molar-refractivity contribution is -0.121. The molecule has 0 atom stereocenters. The minimum atomic E-state index is -3.50. The molecule has 1 aromatic carbocycles. The van der Waals surface area contributed by atoms with E-state index in [1.165, 1.54) is 12.3 Å². The number of benzene rings is 1. The molecule has 9 heteroatoms. The lowest BCUT2D eigenvalue weighted by atomic mass is 10.2. The average Bonchev–Trinajstić information content (AvgIpc) is 3.07. The summed E-state index contributed by atoms with van der Waals surface area (Å²) in [4.78, 5) is 27.9. The van der Waals surface area contributed by atoms with E-state index in [9.17, 15) is 18.0 Å². The monoisotopic (exact) mass is 442 g/mol. The molecule has 2 heterocycles. The SMILES string of the molecule is O=C(/C=C/c1ccc(S(=O)(=O)N2CCCCCC2)cc1)NCC(=O)Nc1cccnc1.